The minimum atomic E-state index is -0.448. The number of nitrogens with zero attached hydrogens (tertiary/aromatic N) is 3. The summed E-state index contributed by atoms with van der Waals surface area (Å²) in [6, 6.07) is 76.8. The highest BCUT2D eigenvalue weighted by atomic mass is 32.2. The Morgan fingerprint density at radius 2 is 0.887 bits per heavy atom. The summed E-state index contributed by atoms with van der Waals surface area (Å²) in [7, 11) is 0. The summed E-state index contributed by atoms with van der Waals surface area (Å²) >= 11 is 1.88. The first kappa shape index (κ1) is 35.1. The molecule has 3 nitrogen and oxygen atoms in total. The molecule has 62 heavy (non-hydrogen) atoms. The van der Waals surface area contributed by atoms with Crippen molar-refractivity contribution in [1.82, 2.24) is 15.0 Å². The Balaban J connectivity index is 0.971. The topological polar surface area (TPSA) is 38.7 Å². The standard InChI is InChI=1S/C58H35N3S/c1-2-15-38(16-3-1)57-60-52-27-12-7-22-44(52)55(61-57)37-31-29-36(30-32-37)39-17-14-18-40(33-39)56-46-35-54-50(34-45(46)43-21-6-11-26-51(43)59-56)58(49-25-10-13-28-53(49)62-54)47-23-8-4-19-41(47)42-20-5-9-24-48(42)58/h1-35H. The van der Waals surface area contributed by atoms with E-state index >= 15 is 0 Å². The quantitative estimate of drug-likeness (QED) is 0.166. The fourth-order valence-electron chi connectivity index (χ4n) is 10.2. The van der Waals surface area contributed by atoms with Gasteiger partial charge in [-0.2, -0.15) is 0 Å². The van der Waals surface area contributed by atoms with Crippen molar-refractivity contribution in [3.63, 3.8) is 0 Å². The van der Waals surface area contributed by atoms with Gasteiger partial charge in [0.25, 0.3) is 0 Å². The van der Waals surface area contributed by atoms with Gasteiger partial charge in [0.15, 0.2) is 5.82 Å². The van der Waals surface area contributed by atoms with Gasteiger partial charge in [0.05, 0.1) is 27.8 Å². The van der Waals surface area contributed by atoms with Crippen LogP contribution in [0.25, 0.3) is 88.7 Å². The smallest absolute Gasteiger partial charge is 0.160 e. The zero-order valence-corrected chi connectivity index (χ0v) is 34.3. The maximum atomic E-state index is 5.46. The fourth-order valence-corrected chi connectivity index (χ4v) is 11.4. The number of rotatable bonds is 4. The van der Waals surface area contributed by atoms with Crippen LogP contribution in [0, 0.1) is 0 Å². The van der Waals surface area contributed by atoms with E-state index in [0.717, 1.165) is 72.2 Å². The van der Waals surface area contributed by atoms with E-state index < -0.39 is 5.41 Å². The molecule has 4 heteroatoms. The maximum absolute atomic E-state index is 5.46. The van der Waals surface area contributed by atoms with Crippen LogP contribution in [0.15, 0.2) is 222 Å². The SMILES string of the molecule is c1ccc(-c2nc(-c3ccc(-c4cccc(-c5nc6ccccc6c6cc7c(cc56)Sc5ccccc5C75c6ccccc6-c6ccccc65)c4)cc3)c3ccccc3n2)cc1. The van der Waals surface area contributed by atoms with Crippen LogP contribution in [-0.2, 0) is 5.41 Å². The Hall–Kier alpha value is -7.66. The number of benzene rings is 9. The van der Waals surface area contributed by atoms with Crippen LogP contribution in [0.3, 0.4) is 0 Å². The van der Waals surface area contributed by atoms with Crippen molar-refractivity contribution in [2.24, 2.45) is 0 Å². The number of pyridine rings is 1. The molecule has 2 aromatic heterocycles. The number of hydrogen-bond acceptors (Lipinski definition) is 4. The first-order chi connectivity index (χ1) is 30.7. The molecule has 0 N–H and O–H groups in total. The predicted molar refractivity (Wildman–Crippen MR) is 256 cm³/mol. The molecule has 3 heterocycles. The second kappa shape index (κ2) is 13.7. The Bertz CT molecular complexity index is 3570. The van der Waals surface area contributed by atoms with Crippen LogP contribution in [0.1, 0.15) is 22.3 Å². The van der Waals surface area contributed by atoms with Crippen molar-refractivity contribution < 1.29 is 0 Å². The van der Waals surface area contributed by atoms with Crippen LogP contribution in [0.5, 0.6) is 0 Å². The summed E-state index contributed by atoms with van der Waals surface area (Å²) in [5, 5.41) is 4.56. The molecule has 0 atom stereocenters. The van der Waals surface area contributed by atoms with Gasteiger partial charge >= 0.3 is 0 Å². The summed E-state index contributed by atoms with van der Waals surface area (Å²) < 4.78 is 0. The van der Waals surface area contributed by atoms with Gasteiger partial charge in [-0.05, 0) is 86.3 Å². The molecule has 0 amide bonds. The lowest BCUT2D eigenvalue weighted by atomic mass is 9.67. The molecule has 0 fully saturated rings. The van der Waals surface area contributed by atoms with Gasteiger partial charge in [-0.25, -0.2) is 15.0 Å². The Morgan fingerprint density at radius 1 is 0.306 bits per heavy atom. The molecule has 1 aliphatic carbocycles. The molecule has 9 aromatic carbocycles. The largest absolute Gasteiger partial charge is 0.247 e. The number of para-hydroxylation sites is 2. The van der Waals surface area contributed by atoms with E-state index in [1.807, 2.05) is 36.0 Å². The first-order valence-electron chi connectivity index (χ1n) is 21.1. The van der Waals surface area contributed by atoms with Gasteiger partial charge in [0, 0.05) is 42.6 Å². The van der Waals surface area contributed by atoms with Gasteiger partial charge in [0.1, 0.15) is 0 Å². The summed E-state index contributed by atoms with van der Waals surface area (Å²) in [5.74, 6) is 0.725. The fraction of sp³-hybridized carbons (Fsp3) is 0.0172. The number of aromatic nitrogens is 3. The Morgan fingerprint density at radius 3 is 1.66 bits per heavy atom. The molecule has 11 aromatic rings. The number of fused-ring (bicyclic) bond motifs is 13. The van der Waals surface area contributed by atoms with Gasteiger partial charge < -0.3 is 0 Å². The second-order valence-electron chi connectivity index (χ2n) is 16.2. The molecule has 0 saturated heterocycles. The molecule has 0 bridgehead atoms. The third kappa shape index (κ3) is 5.17. The van der Waals surface area contributed by atoms with E-state index in [9.17, 15) is 0 Å². The van der Waals surface area contributed by atoms with Gasteiger partial charge in [-0.15, -0.1) is 0 Å². The van der Waals surface area contributed by atoms with E-state index in [0.29, 0.717) is 0 Å². The van der Waals surface area contributed by atoms with Gasteiger partial charge in [-0.1, -0.05) is 188 Å². The van der Waals surface area contributed by atoms with Crippen LogP contribution in [-0.4, -0.2) is 15.0 Å². The molecule has 288 valence electrons. The predicted octanol–water partition coefficient (Wildman–Crippen LogP) is 14.8. The minimum absolute atomic E-state index is 0.448. The van der Waals surface area contributed by atoms with Gasteiger partial charge in [-0.3, -0.25) is 0 Å². The molecule has 0 saturated carbocycles. The summed E-state index contributed by atoms with van der Waals surface area (Å²) in [6.45, 7) is 0. The Labute approximate surface area is 363 Å². The molecule has 13 rings (SSSR count). The third-order valence-corrected chi connectivity index (χ3v) is 14.1. The summed E-state index contributed by atoms with van der Waals surface area (Å²) in [6.07, 6.45) is 0. The van der Waals surface area contributed by atoms with E-state index in [1.165, 1.54) is 48.6 Å². The molecule has 0 unspecified atom stereocenters. The van der Waals surface area contributed by atoms with Crippen molar-refractivity contribution >= 4 is 44.3 Å². The third-order valence-electron chi connectivity index (χ3n) is 12.9. The van der Waals surface area contributed by atoms with E-state index in [4.69, 9.17) is 15.0 Å². The molecular formula is C58H35N3S. The molecular weight excluding hydrogens is 771 g/mol. The van der Waals surface area contributed by atoms with Crippen LogP contribution >= 0.6 is 11.8 Å². The maximum Gasteiger partial charge on any atom is 0.160 e. The minimum Gasteiger partial charge on any atom is -0.247 e. The van der Waals surface area contributed by atoms with Crippen LogP contribution in [0.2, 0.25) is 0 Å². The summed E-state index contributed by atoms with van der Waals surface area (Å²) in [4.78, 5) is 18.1. The lowest BCUT2D eigenvalue weighted by molar-refractivity contribution is 0.724. The van der Waals surface area contributed by atoms with E-state index in [2.05, 4.69) is 188 Å². The highest BCUT2D eigenvalue weighted by Gasteiger charge is 2.50. The van der Waals surface area contributed by atoms with Crippen molar-refractivity contribution in [2.75, 3.05) is 0 Å². The van der Waals surface area contributed by atoms with Crippen molar-refractivity contribution in [1.29, 1.82) is 0 Å². The van der Waals surface area contributed by atoms with Gasteiger partial charge in [0.2, 0.25) is 0 Å². The second-order valence-corrected chi connectivity index (χ2v) is 17.3. The lowest BCUT2D eigenvalue weighted by Gasteiger charge is -2.40. The molecule has 0 radical (unpaired) electrons. The van der Waals surface area contributed by atoms with E-state index in [1.54, 1.807) is 0 Å². The average Bonchev–Trinajstić information content (AvgIpc) is 3.64. The molecule has 1 aliphatic heterocycles. The van der Waals surface area contributed by atoms with E-state index in [-0.39, 0.29) is 0 Å². The lowest BCUT2D eigenvalue weighted by Crippen LogP contribution is -2.32. The number of hydrogen-bond donors (Lipinski definition) is 0. The highest BCUT2D eigenvalue weighted by molar-refractivity contribution is 7.99. The van der Waals surface area contributed by atoms with Crippen LogP contribution in [0.4, 0.5) is 0 Å². The molecule has 1 spiro atoms. The van der Waals surface area contributed by atoms with Crippen molar-refractivity contribution in [2.45, 2.75) is 15.2 Å². The summed E-state index contributed by atoms with van der Waals surface area (Å²) in [5.41, 5.74) is 16.8. The highest BCUT2D eigenvalue weighted by Crippen LogP contribution is 2.62. The monoisotopic (exact) mass is 805 g/mol. The Kier molecular flexibility index (Phi) is 7.75. The zero-order chi connectivity index (χ0) is 40.8. The normalized spacial score (nSPS) is 13.2. The first-order valence-corrected chi connectivity index (χ1v) is 21.9. The van der Waals surface area contributed by atoms with Crippen molar-refractivity contribution in [3.8, 4) is 56.2 Å². The average molecular weight is 806 g/mol. The van der Waals surface area contributed by atoms with Crippen molar-refractivity contribution in [3.05, 3.63) is 235 Å². The van der Waals surface area contributed by atoms with Crippen LogP contribution < -0.4 is 0 Å². The molecule has 2 aliphatic rings. The zero-order valence-electron chi connectivity index (χ0n) is 33.5.